The SMILES string of the molecule is CCCCOCCCN1CCNC(C2CCCCC2)C1. The quantitative estimate of drug-likeness (QED) is 0.693. The fraction of sp³-hybridized carbons (Fsp3) is 1.00. The summed E-state index contributed by atoms with van der Waals surface area (Å²) < 4.78 is 5.67. The average Bonchev–Trinajstić information content (AvgIpc) is 2.52. The Morgan fingerprint density at radius 2 is 1.90 bits per heavy atom. The van der Waals surface area contributed by atoms with E-state index in [0.717, 1.165) is 25.2 Å². The molecule has 0 radical (unpaired) electrons. The Labute approximate surface area is 125 Å². The van der Waals surface area contributed by atoms with Crippen molar-refractivity contribution in [3.8, 4) is 0 Å². The van der Waals surface area contributed by atoms with E-state index in [-0.39, 0.29) is 0 Å². The molecule has 1 saturated carbocycles. The number of hydrogen-bond acceptors (Lipinski definition) is 3. The van der Waals surface area contributed by atoms with Gasteiger partial charge in [0.15, 0.2) is 0 Å². The highest BCUT2D eigenvalue weighted by Gasteiger charge is 2.27. The number of ether oxygens (including phenoxy) is 1. The molecule has 0 aromatic carbocycles. The topological polar surface area (TPSA) is 24.5 Å². The minimum atomic E-state index is 0.755. The first-order valence-electron chi connectivity index (χ1n) is 8.93. The molecule has 0 amide bonds. The van der Waals surface area contributed by atoms with Gasteiger partial charge in [0, 0.05) is 45.4 Å². The van der Waals surface area contributed by atoms with Gasteiger partial charge in [-0.15, -0.1) is 0 Å². The van der Waals surface area contributed by atoms with E-state index in [9.17, 15) is 0 Å². The van der Waals surface area contributed by atoms with E-state index in [0.29, 0.717) is 0 Å². The molecule has 1 unspecified atom stereocenters. The smallest absolute Gasteiger partial charge is 0.0478 e. The van der Waals surface area contributed by atoms with Crippen molar-refractivity contribution in [2.75, 3.05) is 39.4 Å². The van der Waals surface area contributed by atoms with Crippen LogP contribution in [0.2, 0.25) is 0 Å². The predicted octanol–water partition coefficient (Wildman–Crippen LogP) is 3.05. The van der Waals surface area contributed by atoms with E-state index < -0.39 is 0 Å². The second kappa shape index (κ2) is 9.75. The summed E-state index contributed by atoms with van der Waals surface area (Å²) in [7, 11) is 0. The first-order valence-corrected chi connectivity index (χ1v) is 8.93. The van der Waals surface area contributed by atoms with Crippen LogP contribution in [-0.4, -0.2) is 50.3 Å². The second-order valence-electron chi connectivity index (χ2n) is 6.58. The van der Waals surface area contributed by atoms with Crippen molar-refractivity contribution in [1.82, 2.24) is 10.2 Å². The Morgan fingerprint density at radius 3 is 2.70 bits per heavy atom. The minimum absolute atomic E-state index is 0.755. The lowest BCUT2D eigenvalue weighted by Crippen LogP contribution is -2.54. The van der Waals surface area contributed by atoms with Crippen molar-refractivity contribution in [1.29, 1.82) is 0 Å². The lowest BCUT2D eigenvalue weighted by atomic mass is 9.83. The van der Waals surface area contributed by atoms with Crippen LogP contribution in [0.25, 0.3) is 0 Å². The number of unbranched alkanes of at least 4 members (excludes halogenated alkanes) is 1. The van der Waals surface area contributed by atoms with Gasteiger partial charge in [0.2, 0.25) is 0 Å². The Kier molecular flexibility index (Phi) is 7.92. The molecule has 0 bridgehead atoms. The van der Waals surface area contributed by atoms with E-state index in [4.69, 9.17) is 4.74 Å². The molecule has 1 atom stereocenters. The number of nitrogens with one attached hydrogen (secondary N) is 1. The minimum Gasteiger partial charge on any atom is -0.381 e. The summed E-state index contributed by atoms with van der Waals surface area (Å²) in [4.78, 5) is 2.65. The first kappa shape index (κ1) is 16.3. The van der Waals surface area contributed by atoms with Crippen molar-refractivity contribution in [2.45, 2.75) is 64.3 Å². The molecule has 1 N–H and O–H groups in total. The third-order valence-corrected chi connectivity index (χ3v) is 4.91. The molecule has 2 fully saturated rings. The van der Waals surface area contributed by atoms with Crippen LogP contribution in [-0.2, 0) is 4.74 Å². The van der Waals surface area contributed by atoms with Crippen molar-refractivity contribution in [2.24, 2.45) is 5.92 Å². The molecule has 1 aliphatic heterocycles. The maximum absolute atomic E-state index is 5.67. The normalized spacial score (nSPS) is 25.9. The number of nitrogens with zero attached hydrogens (tertiary/aromatic N) is 1. The fourth-order valence-electron chi connectivity index (χ4n) is 3.64. The van der Waals surface area contributed by atoms with Crippen LogP contribution < -0.4 is 5.32 Å². The van der Waals surface area contributed by atoms with Crippen LogP contribution in [0, 0.1) is 5.92 Å². The van der Waals surface area contributed by atoms with Gasteiger partial charge in [-0.05, 0) is 31.6 Å². The van der Waals surface area contributed by atoms with Crippen molar-refractivity contribution in [3.05, 3.63) is 0 Å². The Hall–Kier alpha value is -0.120. The highest BCUT2D eigenvalue weighted by molar-refractivity contribution is 4.85. The van der Waals surface area contributed by atoms with E-state index in [1.165, 1.54) is 77.5 Å². The van der Waals surface area contributed by atoms with E-state index in [1.807, 2.05) is 0 Å². The number of hydrogen-bond donors (Lipinski definition) is 1. The summed E-state index contributed by atoms with van der Waals surface area (Å²) in [5, 5.41) is 3.76. The standard InChI is InChI=1S/C17H34N2O/c1-2-3-13-20-14-7-11-19-12-10-18-17(15-19)16-8-5-4-6-9-16/h16-18H,2-15H2,1H3. The molecular formula is C17H34N2O. The number of piperazine rings is 1. The third-order valence-electron chi connectivity index (χ3n) is 4.91. The summed E-state index contributed by atoms with van der Waals surface area (Å²) in [6.45, 7) is 8.99. The van der Waals surface area contributed by atoms with Crippen molar-refractivity contribution in [3.63, 3.8) is 0 Å². The number of rotatable bonds is 8. The van der Waals surface area contributed by atoms with Crippen LogP contribution in [0.1, 0.15) is 58.3 Å². The van der Waals surface area contributed by atoms with E-state index in [2.05, 4.69) is 17.1 Å². The first-order chi connectivity index (χ1) is 9.90. The van der Waals surface area contributed by atoms with Gasteiger partial charge in [-0.25, -0.2) is 0 Å². The zero-order chi connectivity index (χ0) is 14.0. The zero-order valence-corrected chi connectivity index (χ0v) is 13.4. The van der Waals surface area contributed by atoms with Gasteiger partial charge in [-0.1, -0.05) is 32.6 Å². The summed E-state index contributed by atoms with van der Waals surface area (Å²) in [6.07, 6.45) is 10.9. The van der Waals surface area contributed by atoms with Crippen LogP contribution in [0.5, 0.6) is 0 Å². The van der Waals surface area contributed by atoms with Gasteiger partial charge in [-0.2, -0.15) is 0 Å². The molecule has 1 aliphatic carbocycles. The molecule has 20 heavy (non-hydrogen) atoms. The molecule has 118 valence electrons. The molecule has 0 aromatic heterocycles. The molecule has 0 spiro atoms. The molecule has 2 rings (SSSR count). The lowest BCUT2D eigenvalue weighted by molar-refractivity contribution is 0.103. The van der Waals surface area contributed by atoms with E-state index in [1.54, 1.807) is 0 Å². The molecule has 3 nitrogen and oxygen atoms in total. The van der Waals surface area contributed by atoms with Crippen molar-refractivity contribution < 1.29 is 4.74 Å². The molecule has 3 heteroatoms. The average molecular weight is 282 g/mol. The highest BCUT2D eigenvalue weighted by atomic mass is 16.5. The molecule has 0 aromatic rings. The Morgan fingerprint density at radius 1 is 1.10 bits per heavy atom. The van der Waals surface area contributed by atoms with Gasteiger partial charge in [-0.3, -0.25) is 0 Å². The Bertz CT molecular complexity index is 241. The Balaban J connectivity index is 1.58. The van der Waals surface area contributed by atoms with Crippen LogP contribution in [0.3, 0.4) is 0 Å². The zero-order valence-electron chi connectivity index (χ0n) is 13.4. The predicted molar refractivity (Wildman–Crippen MR) is 85.1 cm³/mol. The molecule has 1 saturated heterocycles. The van der Waals surface area contributed by atoms with Gasteiger partial charge in [0.25, 0.3) is 0 Å². The van der Waals surface area contributed by atoms with Crippen LogP contribution in [0.4, 0.5) is 0 Å². The summed E-state index contributed by atoms with van der Waals surface area (Å²) in [6, 6.07) is 0.755. The van der Waals surface area contributed by atoms with Gasteiger partial charge < -0.3 is 15.0 Å². The van der Waals surface area contributed by atoms with Gasteiger partial charge in [0.05, 0.1) is 0 Å². The van der Waals surface area contributed by atoms with E-state index >= 15 is 0 Å². The maximum Gasteiger partial charge on any atom is 0.0478 e. The molecular weight excluding hydrogens is 248 g/mol. The van der Waals surface area contributed by atoms with Crippen LogP contribution >= 0.6 is 0 Å². The summed E-state index contributed by atoms with van der Waals surface area (Å²) in [5.41, 5.74) is 0. The fourth-order valence-corrected chi connectivity index (χ4v) is 3.64. The lowest BCUT2D eigenvalue weighted by Gasteiger charge is -2.39. The van der Waals surface area contributed by atoms with Crippen LogP contribution in [0.15, 0.2) is 0 Å². The summed E-state index contributed by atoms with van der Waals surface area (Å²) in [5.74, 6) is 0.937. The van der Waals surface area contributed by atoms with Crippen molar-refractivity contribution >= 4 is 0 Å². The molecule has 2 aliphatic rings. The molecule has 1 heterocycles. The highest BCUT2D eigenvalue weighted by Crippen LogP contribution is 2.27. The second-order valence-corrected chi connectivity index (χ2v) is 6.58. The van der Waals surface area contributed by atoms with Gasteiger partial charge in [0.1, 0.15) is 0 Å². The third kappa shape index (κ3) is 5.71. The van der Waals surface area contributed by atoms with Gasteiger partial charge >= 0.3 is 0 Å². The monoisotopic (exact) mass is 282 g/mol. The summed E-state index contributed by atoms with van der Waals surface area (Å²) >= 11 is 0. The largest absolute Gasteiger partial charge is 0.381 e. The maximum atomic E-state index is 5.67.